The van der Waals surface area contributed by atoms with Crippen LogP contribution in [0.3, 0.4) is 0 Å². The molecule has 92 valence electrons. The van der Waals surface area contributed by atoms with Gasteiger partial charge in [0.15, 0.2) is 0 Å². The third-order valence-corrected chi connectivity index (χ3v) is 4.65. The smallest absolute Gasteiger partial charge is 0.129 e. The summed E-state index contributed by atoms with van der Waals surface area (Å²) in [7, 11) is 0. The third kappa shape index (κ3) is 2.09. The first-order chi connectivity index (χ1) is 8.75. The fourth-order valence-corrected chi connectivity index (χ4v) is 3.36. The number of fused-ring (bicyclic) bond motifs is 1. The van der Waals surface area contributed by atoms with Gasteiger partial charge in [-0.25, -0.2) is 0 Å². The average molecular weight is 296 g/mol. The van der Waals surface area contributed by atoms with Gasteiger partial charge in [0.25, 0.3) is 0 Å². The summed E-state index contributed by atoms with van der Waals surface area (Å²) in [6.07, 6.45) is 0. The van der Waals surface area contributed by atoms with Crippen LogP contribution in [0.15, 0.2) is 23.6 Å². The zero-order valence-corrected chi connectivity index (χ0v) is 12.0. The van der Waals surface area contributed by atoms with Crippen LogP contribution in [-0.2, 0) is 6.54 Å². The summed E-state index contributed by atoms with van der Waals surface area (Å²) in [6, 6.07) is 5.87. The van der Waals surface area contributed by atoms with Crippen molar-refractivity contribution in [2.75, 3.05) is 5.32 Å². The van der Waals surface area contributed by atoms with Crippen LogP contribution < -0.4 is 5.32 Å². The predicted octanol–water partition coefficient (Wildman–Crippen LogP) is 4.33. The highest BCUT2D eigenvalue weighted by Crippen LogP contribution is 2.30. The predicted molar refractivity (Wildman–Crippen MR) is 78.8 cm³/mol. The van der Waals surface area contributed by atoms with E-state index in [-0.39, 0.29) is 0 Å². The first-order valence-electron chi connectivity index (χ1n) is 5.43. The van der Waals surface area contributed by atoms with Crippen LogP contribution in [0.2, 0.25) is 5.02 Å². The zero-order valence-electron chi connectivity index (χ0n) is 9.61. The maximum Gasteiger partial charge on any atom is 0.129 e. The molecule has 2 aromatic heterocycles. The van der Waals surface area contributed by atoms with E-state index in [1.165, 1.54) is 22.2 Å². The van der Waals surface area contributed by atoms with E-state index in [0.29, 0.717) is 5.02 Å². The van der Waals surface area contributed by atoms with Crippen molar-refractivity contribution in [3.63, 3.8) is 0 Å². The highest BCUT2D eigenvalue weighted by molar-refractivity contribution is 7.10. The lowest BCUT2D eigenvalue weighted by atomic mass is 10.2. The van der Waals surface area contributed by atoms with Gasteiger partial charge in [0, 0.05) is 11.4 Å². The molecule has 0 atom stereocenters. The van der Waals surface area contributed by atoms with E-state index in [1.54, 1.807) is 11.3 Å². The van der Waals surface area contributed by atoms with Crippen molar-refractivity contribution >= 4 is 51.4 Å². The molecule has 3 aromatic rings. The summed E-state index contributed by atoms with van der Waals surface area (Å²) in [4.78, 5) is 1.31. The van der Waals surface area contributed by atoms with Crippen LogP contribution in [0.1, 0.15) is 10.4 Å². The van der Waals surface area contributed by atoms with Crippen molar-refractivity contribution in [3.05, 3.63) is 39.0 Å². The lowest BCUT2D eigenvalue weighted by Gasteiger charge is -2.08. The summed E-state index contributed by atoms with van der Waals surface area (Å²) in [5, 5.41) is 6.15. The Labute approximate surface area is 118 Å². The minimum absolute atomic E-state index is 0.685. The number of thiophene rings is 1. The molecule has 0 saturated carbocycles. The quantitative estimate of drug-likeness (QED) is 0.781. The molecule has 1 N–H and O–H groups in total. The number of hydrogen-bond donors (Lipinski definition) is 1. The number of aryl methyl sites for hydroxylation is 1. The van der Waals surface area contributed by atoms with E-state index < -0.39 is 0 Å². The Morgan fingerprint density at radius 2 is 2.17 bits per heavy atom. The minimum atomic E-state index is 0.685. The zero-order chi connectivity index (χ0) is 12.5. The van der Waals surface area contributed by atoms with Crippen molar-refractivity contribution in [2.45, 2.75) is 13.5 Å². The monoisotopic (exact) mass is 295 g/mol. The molecule has 0 aliphatic heterocycles. The molecule has 18 heavy (non-hydrogen) atoms. The van der Waals surface area contributed by atoms with Crippen LogP contribution in [0.25, 0.3) is 11.0 Å². The summed E-state index contributed by atoms with van der Waals surface area (Å²) in [6.45, 7) is 2.87. The van der Waals surface area contributed by atoms with Crippen LogP contribution >= 0.6 is 34.7 Å². The Hall–Kier alpha value is -1.17. The highest BCUT2D eigenvalue weighted by Gasteiger charge is 2.10. The lowest BCUT2D eigenvalue weighted by Crippen LogP contribution is -2.00. The highest BCUT2D eigenvalue weighted by atomic mass is 35.5. The summed E-state index contributed by atoms with van der Waals surface area (Å²) in [5.41, 5.74) is 3.90. The maximum absolute atomic E-state index is 6.22. The van der Waals surface area contributed by atoms with Crippen molar-refractivity contribution in [3.8, 4) is 0 Å². The van der Waals surface area contributed by atoms with Gasteiger partial charge in [0.05, 0.1) is 22.4 Å². The molecule has 1 aromatic carbocycles. The number of rotatable bonds is 3. The fourth-order valence-electron chi connectivity index (χ4n) is 1.75. The summed E-state index contributed by atoms with van der Waals surface area (Å²) >= 11 is 9.17. The van der Waals surface area contributed by atoms with Crippen LogP contribution in [0.5, 0.6) is 0 Å². The van der Waals surface area contributed by atoms with Crippen LogP contribution in [0.4, 0.5) is 5.69 Å². The second-order valence-electron chi connectivity index (χ2n) is 3.93. The molecule has 0 fully saturated rings. The molecule has 0 amide bonds. The van der Waals surface area contributed by atoms with E-state index in [9.17, 15) is 0 Å². The number of nitrogens with one attached hydrogen (secondary N) is 1. The Balaban J connectivity index is 1.92. The van der Waals surface area contributed by atoms with Gasteiger partial charge in [-0.15, -0.1) is 11.3 Å². The van der Waals surface area contributed by atoms with E-state index >= 15 is 0 Å². The molecular formula is C12H10ClN3S2. The molecule has 3 nitrogen and oxygen atoms in total. The fraction of sp³-hybridized carbons (Fsp3) is 0.167. The first-order valence-corrected chi connectivity index (χ1v) is 7.42. The van der Waals surface area contributed by atoms with E-state index in [1.807, 2.05) is 12.1 Å². The molecule has 0 bridgehead atoms. The Morgan fingerprint density at radius 3 is 2.94 bits per heavy atom. The van der Waals surface area contributed by atoms with Crippen LogP contribution in [-0.4, -0.2) is 8.75 Å². The standard InChI is InChI=1S/C12H10ClN3S2/c1-7-4-5-17-10(7)6-14-11-8(13)2-3-9-12(11)16-18-15-9/h2-5,14H,6H2,1H3. The lowest BCUT2D eigenvalue weighted by molar-refractivity contribution is 1.17. The molecule has 0 aliphatic rings. The SMILES string of the molecule is Cc1ccsc1CNc1c(Cl)ccc2nsnc12. The molecule has 0 unspecified atom stereocenters. The van der Waals surface area contributed by atoms with E-state index in [2.05, 4.69) is 32.4 Å². The summed E-state index contributed by atoms with van der Waals surface area (Å²) in [5.74, 6) is 0. The molecule has 2 heterocycles. The van der Waals surface area contributed by atoms with Gasteiger partial charge >= 0.3 is 0 Å². The molecule has 0 saturated heterocycles. The topological polar surface area (TPSA) is 37.8 Å². The maximum atomic E-state index is 6.22. The van der Waals surface area contributed by atoms with E-state index in [0.717, 1.165) is 23.3 Å². The Kier molecular flexibility index (Phi) is 3.20. The summed E-state index contributed by atoms with van der Waals surface area (Å²) < 4.78 is 8.51. The molecule has 0 radical (unpaired) electrons. The minimum Gasteiger partial charge on any atom is -0.377 e. The van der Waals surface area contributed by atoms with E-state index in [4.69, 9.17) is 11.6 Å². The second-order valence-corrected chi connectivity index (χ2v) is 5.87. The number of hydrogen-bond acceptors (Lipinski definition) is 5. The van der Waals surface area contributed by atoms with Gasteiger partial charge in [-0.1, -0.05) is 11.6 Å². The Morgan fingerprint density at radius 1 is 1.28 bits per heavy atom. The normalized spacial score (nSPS) is 11.0. The molecule has 3 rings (SSSR count). The number of anilines is 1. The van der Waals surface area contributed by atoms with Gasteiger partial charge < -0.3 is 5.32 Å². The molecular weight excluding hydrogens is 286 g/mol. The number of nitrogens with zero attached hydrogens (tertiary/aromatic N) is 2. The van der Waals surface area contributed by atoms with Crippen molar-refractivity contribution in [1.82, 2.24) is 8.75 Å². The van der Waals surface area contributed by atoms with Gasteiger partial charge in [0.1, 0.15) is 11.0 Å². The number of aromatic nitrogens is 2. The van der Waals surface area contributed by atoms with Crippen molar-refractivity contribution in [1.29, 1.82) is 0 Å². The Bertz CT molecular complexity index is 690. The third-order valence-electron chi connectivity index (χ3n) is 2.77. The number of halogens is 1. The van der Waals surface area contributed by atoms with Gasteiger partial charge in [-0.2, -0.15) is 8.75 Å². The number of benzene rings is 1. The average Bonchev–Trinajstić information content (AvgIpc) is 2.97. The van der Waals surface area contributed by atoms with Gasteiger partial charge in [-0.3, -0.25) is 0 Å². The van der Waals surface area contributed by atoms with Crippen LogP contribution in [0, 0.1) is 6.92 Å². The molecule has 0 aliphatic carbocycles. The van der Waals surface area contributed by atoms with Gasteiger partial charge in [-0.05, 0) is 36.1 Å². The molecule has 6 heteroatoms. The first kappa shape index (κ1) is 11.9. The second kappa shape index (κ2) is 4.84. The molecule has 0 spiro atoms. The van der Waals surface area contributed by atoms with Gasteiger partial charge in [0.2, 0.25) is 0 Å². The van der Waals surface area contributed by atoms with Crippen molar-refractivity contribution in [2.24, 2.45) is 0 Å². The van der Waals surface area contributed by atoms with Crippen molar-refractivity contribution < 1.29 is 0 Å². The largest absolute Gasteiger partial charge is 0.377 e.